The maximum Gasteiger partial charge on any atom is 0.336 e. The van der Waals surface area contributed by atoms with Crippen LogP contribution in [-0.4, -0.2) is 43.0 Å². The number of aliphatic hydroxyl groups excluding tert-OH is 1. The number of carbonyl (C=O) groups is 2. The van der Waals surface area contributed by atoms with Crippen LogP contribution in [0.15, 0.2) is 30.3 Å². The highest BCUT2D eigenvalue weighted by molar-refractivity contribution is 5.86. The minimum atomic E-state index is -1.60. The van der Waals surface area contributed by atoms with E-state index in [-0.39, 0.29) is 26.2 Å². The second kappa shape index (κ2) is 10.1. The van der Waals surface area contributed by atoms with Crippen molar-refractivity contribution in [2.75, 3.05) is 19.8 Å². The summed E-state index contributed by atoms with van der Waals surface area (Å²) in [5, 5.41) is 10.3. The Morgan fingerprint density at radius 2 is 1.75 bits per heavy atom. The van der Waals surface area contributed by atoms with E-state index in [1.165, 1.54) is 6.92 Å². The van der Waals surface area contributed by atoms with Crippen LogP contribution in [-0.2, 0) is 30.4 Å². The highest BCUT2D eigenvalue weighted by Gasteiger charge is 2.46. The zero-order valence-electron chi connectivity index (χ0n) is 14.5. The number of hydrogen-bond donors (Lipinski definition) is 1. The van der Waals surface area contributed by atoms with Gasteiger partial charge < -0.3 is 19.3 Å². The van der Waals surface area contributed by atoms with Crippen LogP contribution in [0.2, 0.25) is 0 Å². The molecule has 0 spiro atoms. The van der Waals surface area contributed by atoms with Crippen molar-refractivity contribution in [3.05, 3.63) is 35.9 Å². The second-order valence-electron chi connectivity index (χ2n) is 5.58. The standard InChI is InChI=1S/C18H26O6/c1-4-23-16(20)15(19)18(3,17(21)24-5-2)11-12-22-13-14-9-7-6-8-10-14/h6-10,15,19H,4-5,11-13H2,1-3H3. The van der Waals surface area contributed by atoms with Crippen LogP contribution >= 0.6 is 0 Å². The Balaban J connectivity index is 2.67. The van der Waals surface area contributed by atoms with Crippen molar-refractivity contribution < 1.29 is 28.9 Å². The molecule has 0 saturated carbocycles. The van der Waals surface area contributed by atoms with Gasteiger partial charge in [0.25, 0.3) is 0 Å². The molecule has 0 aromatic heterocycles. The topological polar surface area (TPSA) is 82.1 Å². The normalized spacial score (nSPS) is 14.5. The van der Waals surface area contributed by atoms with E-state index in [2.05, 4.69) is 0 Å². The summed E-state index contributed by atoms with van der Waals surface area (Å²) in [7, 11) is 0. The Bertz CT molecular complexity index is 516. The van der Waals surface area contributed by atoms with Gasteiger partial charge >= 0.3 is 11.9 Å². The van der Waals surface area contributed by atoms with Crippen molar-refractivity contribution in [2.24, 2.45) is 5.41 Å². The predicted molar refractivity (Wildman–Crippen MR) is 88.1 cm³/mol. The molecule has 6 nitrogen and oxygen atoms in total. The highest BCUT2D eigenvalue weighted by Crippen LogP contribution is 2.29. The zero-order chi connectivity index (χ0) is 18.0. The van der Waals surface area contributed by atoms with Gasteiger partial charge in [0.2, 0.25) is 0 Å². The lowest BCUT2D eigenvalue weighted by Crippen LogP contribution is -2.47. The molecule has 6 heteroatoms. The fourth-order valence-electron chi connectivity index (χ4n) is 2.18. The first-order chi connectivity index (χ1) is 11.5. The summed E-state index contributed by atoms with van der Waals surface area (Å²) >= 11 is 0. The molecule has 0 amide bonds. The van der Waals surface area contributed by atoms with Crippen LogP contribution in [0.5, 0.6) is 0 Å². The van der Waals surface area contributed by atoms with Gasteiger partial charge in [-0.2, -0.15) is 0 Å². The van der Waals surface area contributed by atoms with Gasteiger partial charge in [-0.05, 0) is 32.8 Å². The van der Waals surface area contributed by atoms with Crippen molar-refractivity contribution in [2.45, 2.75) is 39.9 Å². The van der Waals surface area contributed by atoms with E-state index >= 15 is 0 Å². The molecule has 1 aromatic carbocycles. The molecule has 0 saturated heterocycles. The van der Waals surface area contributed by atoms with Gasteiger partial charge in [0.1, 0.15) is 5.41 Å². The Labute approximate surface area is 142 Å². The van der Waals surface area contributed by atoms with Crippen LogP contribution in [0, 0.1) is 5.41 Å². The van der Waals surface area contributed by atoms with E-state index < -0.39 is 23.5 Å². The zero-order valence-corrected chi connectivity index (χ0v) is 14.5. The van der Waals surface area contributed by atoms with Crippen LogP contribution in [0.1, 0.15) is 32.8 Å². The molecule has 1 N–H and O–H groups in total. The third-order valence-electron chi connectivity index (χ3n) is 3.73. The third kappa shape index (κ3) is 5.62. The maximum absolute atomic E-state index is 12.2. The average Bonchev–Trinajstić information content (AvgIpc) is 2.59. The molecule has 1 aromatic rings. The lowest BCUT2D eigenvalue weighted by atomic mass is 9.81. The van der Waals surface area contributed by atoms with E-state index in [0.29, 0.717) is 6.61 Å². The number of esters is 2. The largest absolute Gasteiger partial charge is 0.465 e. The first kappa shape index (κ1) is 20.1. The molecular weight excluding hydrogens is 312 g/mol. The number of benzene rings is 1. The monoisotopic (exact) mass is 338 g/mol. The first-order valence-electron chi connectivity index (χ1n) is 8.09. The molecule has 0 fully saturated rings. The lowest BCUT2D eigenvalue weighted by Gasteiger charge is -2.30. The van der Waals surface area contributed by atoms with Gasteiger partial charge in [0.05, 0.1) is 19.8 Å². The Morgan fingerprint density at radius 1 is 1.12 bits per heavy atom. The van der Waals surface area contributed by atoms with Crippen LogP contribution < -0.4 is 0 Å². The quantitative estimate of drug-likeness (QED) is 0.520. The summed E-state index contributed by atoms with van der Waals surface area (Å²) in [6, 6.07) is 9.59. The SMILES string of the molecule is CCOC(=O)C(O)C(C)(CCOCc1ccccc1)C(=O)OCC. The van der Waals surface area contributed by atoms with Gasteiger partial charge in [-0.25, -0.2) is 4.79 Å². The Kier molecular flexibility index (Phi) is 8.43. The van der Waals surface area contributed by atoms with E-state index in [1.54, 1.807) is 13.8 Å². The molecule has 134 valence electrons. The molecule has 0 aliphatic carbocycles. The van der Waals surface area contributed by atoms with Crippen molar-refractivity contribution in [1.82, 2.24) is 0 Å². The second-order valence-corrected chi connectivity index (χ2v) is 5.58. The summed E-state index contributed by atoms with van der Waals surface area (Å²) in [6.45, 7) is 5.65. The summed E-state index contributed by atoms with van der Waals surface area (Å²) in [6.07, 6.45) is -1.46. The molecule has 2 unspecified atom stereocenters. The molecule has 24 heavy (non-hydrogen) atoms. The molecule has 0 radical (unpaired) electrons. The number of aliphatic hydroxyl groups is 1. The van der Waals surface area contributed by atoms with E-state index in [9.17, 15) is 14.7 Å². The third-order valence-corrected chi connectivity index (χ3v) is 3.73. The lowest BCUT2D eigenvalue weighted by molar-refractivity contribution is -0.177. The van der Waals surface area contributed by atoms with Gasteiger partial charge in [-0.1, -0.05) is 30.3 Å². The number of carbonyl (C=O) groups excluding carboxylic acids is 2. The Hall–Kier alpha value is -1.92. The number of hydrogen-bond acceptors (Lipinski definition) is 6. The average molecular weight is 338 g/mol. The summed E-state index contributed by atoms with van der Waals surface area (Å²) in [5.74, 6) is -1.48. The van der Waals surface area contributed by atoms with E-state index in [0.717, 1.165) is 5.56 Å². The van der Waals surface area contributed by atoms with Gasteiger partial charge in [0, 0.05) is 6.61 Å². The molecule has 0 aliphatic heterocycles. The number of rotatable bonds is 10. The molecule has 2 atom stereocenters. The minimum absolute atomic E-state index is 0.124. The van der Waals surface area contributed by atoms with Gasteiger partial charge in [-0.15, -0.1) is 0 Å². The fraction of sp³-hybridized carbons (Fsp3) is 0.556. The summed E-state index contributed by atoms with van der Waals surface area (Å²) in [5.41, 5.74) is -0.417. The van der Waals surface area contributed by atoms with E-state index in [4.69, 9.17) is 14.2 Å². The Morgan fingerprint density at radius 3 is 2.33 bits per heavy atom. The van der Waals surface area contributed by atoms with Crippen LogP contribution in [0.25, 0.3) is 0 Å². The first-order valence-corrected chi connectivity index (χ1v) is 8.09. The van der Waals surface area contributed by atoms with Crippen molar-refractivity contribution in [1.29, 1.82) is 0 Å². The maximum atomic E-state index is 12.2. The molecule has 0 bridgehead atoms. The van der Waals surface area contributed by atoms with Crippen LogP contribution in [0.4, 0.5) is 0 Å². The van der Waals surface area contributed by atoms with Crippen molar-refractivity contribution in [3.63, 3.8) is 0 Å². The van der Waals surface area contributed by atoms with Gasteiger partial charge in [-0.3, -0.25) is 4.79 Å². The molecule has 0 heterocycles. The van der Waals surface area contributed by atoms with Crippen molar-refractivity contribution >= 4 is 11.9 Å². The summed E-state index contributed by atoms with van der Waals surface area (Å²) in [4.78, 5) is 24.1. The van der Waals surface area contributed by atoms with Crippen LogP contribution in [0.3, 0.4) is 0 Å². The highest BCUT2D eigenvalue weighted by atomic mass is 16.6. The van der Waals surface area contributed by atoms with Gasteiger partial charge in [0.15, 0.2) is 6.10 Å². The minimum Gasteiger partial charge on any atom is -0.465 e. The van der Waals surface area contributed by atoms with E-state index in [1.807, 2.05) is 30.3 Å². The summed E-state index contributed by atoms with van der Waals surface area (Å²) < 4.78 is 15.4. The predicted octanol–water partition coefficient (Wildman–Crippen LogP) is 2.09. The number of ether oxygens (including phenoxy) is 3. The molecule has 1 rings (SSSR count). The smallest absolute Gasteiger partial charge is 0.336 e. The molecule has 0 aliphatic rings. The fourth-order valence-corrected chi connectivity index (χ4v) is 2.18. The van der Waals surface area contributed by atoms with Crippen molar-refractivity contribution in [3.8, 4) is 0 Å². The molecular formula is C18H26O6.